The van der Waals surface area contributed by atoms with Gasteiger partial charge in [-0.3, -0.25) is 14.9 Å². The fourth-order valence-corrected chi connectivity index (χ4v) is 3.25. The standard InChI is InChI=1S/C17H22N4O3/c1-20-9-11-21(12-10-20)14(22)7-8-17(13-5-3-2-4-6-13)15(23)18-16(24)19-17/h2-6H,7-12H2,1H3,(H2,18,19,23,24). The lowest BCUT2D eigenvalue weighted by atomic mass is 9.85. The summed E-state index contributed by atoms with van der Waals surface area (Å²) in [6, 6.07) is 8.56. The summed E-state index contributed by atoms with van der Waals surface area (Å²) in [5, 5.41) is 5.01. The van der Waals surface area contributed by atoms with Gasteiger partial charge in [0.1, 0.15) is 5.54 Å². The average Bonchev–Trinajstić information content (AvgIpc) is 2.89. The molecule has 2 heterocycles. The maximum atomic E-state index is 12.5. The van der Waals surface area contributed by atoms with E-state index in [1.807, 2.05) is 30.1 Å². The van der Waals surface area contributed by atoms with Crippen LogP contribution in [0.4, 0.5) is 4.79 Å². The molecule has 0 radical (unpaired) electrons. The fourth-order valence-electron chi connectivity index (χ4n) is 3.25. The summed E-state index contributed by atoms with van der Waals surface area (Å²) in [6.45, 7) is 3.11. The molecule has 1 unspecified atom stereocenters. The summed E-state index contributed by atoms with van der Waals surface area (Å²) in [4.78, 5) is 40.6. The first-order chi connectivity index (χ1) is 11.5. The minimum absolute atomic E-state index is 0.0207. The molecule has 4 amide bonds. The van der Waals surface area contributed by atoms with Crippen LogP contribution in [0.5, 0.6) is 0 Å². The van der Waals surface area contributed by atoms with Crippen LogP contribution in [-0.2, 0) is 15.1 Å². The smallest absolute Gasteiger partial charge is 0.322 e. The van der Waals surface area contributed by atoms with Gasteiger partial charge in [-0.1, -0.05) is 30.3 Å². The second-order valence-corrected chi connectivity index (χ2v) is 6.36. The number of hydrogen-bond donors (Lipinski definition) is 2. The minimum Gasteiger partial charge on any atom is -0.340 e. The molecular weight excluding hydrogens is 308 g/mol. The van der Waals surface area contributed by atoms with Gasteiger partial charge in [-0.25, -0.2) is 4.79 Å². The van der Waals surface area contributed by atoms with Crippen LogP contribution in [0.2, 0.25) is 0 Å². The first-order valence-corrected chi connectivity index (χ1v) is 8.17. The third-order valence-electron chi connectivity index (χ3n) is 4.78. The van der Waals surface area contributed by atoms with Crippen molar-refractivity contribution in [2.75, 3.05) is 33.2 Å². The van der Waals surface area contributed by atoms with E-state index >= 15 is 0 Å². The molecule has 2 saturated heterocycles. The summed E-state index contributed by atoms with van der Waals surface area (Å²) in [5.74, 6) is -0.378. The summed E-state index contributed by atoms with van der Waals surface area (Å²) in [5.41, 5.74) is -0.472. The SMILES string of the molecule is CN1CCN(C(=O)CCC2(c3ccccc3)NC(=O)NC2=O)CC1. The van der Waals surface area contributed by atoms with Crippen molar-refractivity contribution in [2.45, 2.75) is 18.4 Å². The molecule has 2 N–H and O–H groups in total. The average molecular weight is 330 g/mol. The molecule has 1 atom stereocenters. The molecule has 0 aromatic heterocycles. The number of carbonyl (C=O) groups is 3. The monoisotopic (exact) mass is 330 g/mol. The van der Waals surface area contributed by atoms with Gasteiger partial charge in [0.2, 0.25) is 5.91 Å². The van der Waals surface area contributed by atoms with Crippen molar-refractivity contribution in [1.29, 1.82) is 0 Å². The highest BCUT2D eigenvalue weighted by molar-refractivity contribution is 6.07. The molecule has 3 rings (SSSR count). The van der Waals surface area contributed by atoms with E-state index in [0.717, 1.165) is 13.1 Å². The lowest BCUT2D eigenvalue weighted by Crippen LogP contribution is -2.48. The quantitative estimate of drug-likeness (QED) is 0.777. The predicted octanol–water partition coefficient (Wildman–Crippen LogP) is 0.276. The molecular formula is C17H22N4O3. The molecule has 2 aliphatic heterocycles. The van der Waals surface area contributed by atoms with Gasteiger partial charge < -0.3 is 15.1 Å². The molecule has 2 aliphatic rings. The number of rotatable bonds is 4. The third-order valence-corrected chi connectivity index (χ3v) is 4.78. The number of likely N-dealkylation sites (N-methyl/N-ethyl adjacent to an activating group) is 1. The summed E-state index contributed by atoms with van der Waals surface area (Å²) >= 11 is 0. The Morgan fingerprint density at radius 2 is 1.79 bits per heavy atom. The van der Waals surface area contributed by atoms with E-state index in [1.165, 1.54) is 0 Å². The molecule has 0 aliphatic carbocycles. The summed E-state index contributed by atoms with van der Waals surface area (Å²) < 4.78 is 0. The number of benzene rings is 1. The fraction of sp³-hybridized carbons (Fsp3) is 0.471. The van der Waals surface area contributed by atoms with Crippen molar-refractivity contribution in [1.82, 2.24) is 20.4 Å². The Labute approximate surface area is 141 Å². The number of carbonyl (C=O) groups excluding carboxylic acids is 3. The highest BCUT2D eigenvalue weighted by Crippen LogP contribution is 2.30. The van der Waals surface area contributed by atoms with E-state index in [2.05, 4.69) is 15.5 Å². The van der Waals surface area contributed by atoms with Crippen LogP contribution < -0.4 is 10.6 Å². The molecule has 2 fully saturated rings. The number of imide groups is 1. The zero-order valence-electron chi connectivity index (χ0n) is 13.7. The Bertz CT molecular complexity index is 640. The zero-order valence-corrected chi connectivity index (χ0v) is 13.7. The van der Waals surface area contributed by atoms with E-state index in [1.54, 1.807) is 12.1 Å². The molecule has 0 saturated carbocycles. The van der Waals surface area contributed by atoms with Crippen molar-refractivity contribution >= 4 is 17.8 Å². The van der Waals surface area contributed by atoms with Gasteiger partial charge in [-0.05, 0) is 19.0 Å². The van der Waals surface area contributed by atoms with Gasteiger partial charge in [0.05, 0.1) is 0 Å². The van der Waals surface area contributed by atoms with Gasteiger partial charge in [0, 0.05) is 32.6 Å². The third kappa shape index (κ3) is 3.12. The van der Waals surface area contributed by atoms with Gasteiger partial charge in [-0.2, -0.15) is 0 Å². The Kier molecular flexibility index (Phi) is 4.53. The van der Waals surface area contributed by atoms with E-state index in [4.69, 9.17) is 0 Å². The topological polar surface area (TPSA) is 81.8 Å². The van der Waals surface area contributed by atoms with Crippen LogP contribution in [0.15, 0.2) is 30.3 Å². The summed E-state index contributed by atoms with van der Waals surface area (Å²) in [6.07, 6.45) is 0.464. The van der Waals surface area contributed by atoms with Crippen LogP contribution in [-0.4, -0.2) is 60.9 Å². The Morgan fingerprint density at radius 3 is 2.38 bits per heavy atom. The first-order valence-electron chi connectivity index (χ1n) is 8.17. The number of nitrogens with one attached hydrogen (secondary N) is 2. The lowest BCUT2D eigenvalue weighted by molar-refractivity contribution is -0.133. The van der Waals surface area contributed by atoms with Crippen LogP contribution in [0.1, 0.15) is 18.4 Å². The van der Waals surface area contributed by atoms with Crippen LogP contribution in [0.3, 0.4) is 0 Å². The first kappa shape index (κ1) is 16.4. The molecule has 1 aromatic carbocycles. The van der Waals surface area contributed by atoms with Crippen LogP contribution >= 0.6 is 0 Å². The van der Waals surface area contributed by atoms with Gasteiger partial charge >= 0.3 is 6.03 Å². The van der Waals surface area contributed by atoms with E-state index in [-0.39, 0.29) is 18.7 Å². The molecule has 0 bridgehead atoms. The number of piperazine rings is 1. The van der Waals surface area contributed by atoms with E-state index in [9.17, 15) is 14.4 Å². The van der Waals surface area contributed by atoms with Crippen molar-refractivity contribution in [2.24, 2.45) is 0 Å². The van der Waals surface area contributed by atoms with Crippen molar-refractivity contribution < 1.29 is 14.4 Å². The Balaban J connectivity index is 1.73. The van der Waals surface area contributed by atoms with Gasteiger partial charge in [0.15, 0.2) is 0 Å². The minimum atomic E-state index is -1.17. The van der Waals surface area contributed by atoms with E-state index < -0.39 is 17.5 Å². The van der Waals surface area contributed by atoms with Crippen molar-refractivity contribution in [3.05, 3.63) is 35.9 Å². The molecule has 128 valence electrons. The van der Waals surface area contributed by atoms with E-state index in [0.29, 0.717) is 18.7 Å². The molecule has 7 nitrogen and oxygen atoms in total. The highest BCUT2D eigenvalue weighted by Gasteiger charge is 2.47. The number of urea groups is 1. The number of amides is 4. The van der Waals surface area contributed by atoms with Crippen LogP contribution in [0, 0.1) is 0 Å². The molecule has 0 spiro atoms. The molecule has 1 aromatic rings. The van der Waals surface area contributed by atoms with Gasteiger partial charge in [0.25, 0.3) is 5.91 Å². The zero-order chi connectivity index (χ0) is 17.2. The second-order valence-electron chi connectivity index (χ2n) is 6.36. The van der Waals surface area contributed by atoms with Crippen molar-refractivity contribution in [3.63, 3.8) is 0 Å². The predicted molar refractivity (Wildman–Crippen MR) is 88.1 cm³/mol. The largest absolute Gasteiger partial charge is 0.340 e. The molecule has 24 heavy (non-hydrogen) atoms. The maximum Gasteiger partial charge on any atom is 0.322 e. The molecule has 7 heteroatoms. The van der Waals surface area contributed by atoms with Crippen molar-refractivity contribution in [3.8, 4) is 0 Å². The van der Waals surface area contributed by atoms with Crippen LogP contribution in [0.25, 0.3) is 0 Å². The Hall–Kier alpha value is -2.41. The summed E-state index contributed by atoms with van der Waals surface area (Å²) in [7, 11) is 2.03. The van der Waals surface area contributed by atoms with Gasteiger partial charge in [-0.15, -0.1) is 0 Å². The Morgan fingerprint density at radius 1 is 1.12 bits per heavy atom. The second kappa shape index (κ2) is 6.60. The number of hydrogen-bond acceptors (Lipinski definition) is 4. The normalized spacial score (nSPS) is 24.6. The maximum absolute atomic E-state index is 12.5. The lowest BCUT2D eigenvalue weighted by Gasteiger charge is -2.33. The highest BCUT2D eigenvalue weighted by atomic mass is 16.2. The number of nitrogens with zero attached hydrogens (tertiary/aromatic N) is 2.